The van der Waals surface area contributed by atoms with E-state index in [9.17, 15) is 4.39 Å². The van der Waals surface area contributed by atoms with Gasteiger partial charge in [0, 0.05) is 17.1 Å². The maximum absolute atomic E-state index is 13.4. The first-order chi connectivity index (χ1) is 7.13. The van der Waals surface area contributed by atoms with Gasteiger partial charge in [0.15, 0.2) is 0 Å². The average molecular weight is 228 g/mol. The van der Waals surface area contributed by atoms with E-state index in [1.165, 1.54) is 6.07 Å². The first-order valence-corrected chi connectivity index (χ1v) is 5.34. The Bertz CT molecular complexity index is 361. The van der Waals surface area contributed by atoms with E-state index in [-0.39, 0.29) is 5.82 Å². The average Bonchev–Trinajstić information content (AvgIpc) is 2.19. The Kier molecular flexibility index (Phi) is 4.79. The maximum atomic E-state index is 13.4. The fraction of sp³-hybridized carbons (Fsp3) is 0.333. The third-order valence-corrected chi connectivity index (χ3v) is 2.25. The lowest BCUT2D eigenvalue weighted by atomic mass is 10.1. The zero-order chi connectivity index (χ0) is 11.3. The number of hydrogen-bond acceptors (Lipinski definition) is 1. The van der Waals surface area contributed by atoms with Crippen molar-refractivity contribution in [2.24, 2.45) is 0 Å². The van der Waals surface area contributed by atoms with Gasteiger partial charge < -0.3 is 5.32 Å². The monoisotopic (exact) mass is 227 g/mol. The Morgan fingerprint density at radius 3 is 2.87 bits per heavy atom. The van der Waals surface area contributed by atoms with E-state index in [0.29, 0.717) is 10.6 Å². The second kappa shape index (κ2) is 5.89. The maximum Gasteiger partial charge on any atom is 0.131 e. The summed E-state index contributed by atoms with van der Waals surface area (Å²) in [6.45, 7) is 5.69. The van der Waals surface area contributed by atoms with Crippen LogP contribution < -0.4 is 5.32 Å². The van der Waals surface area contributed by atoms with E-state index < -0.39 is 0 Å². The van der Waals surface area contributed by atoms with Gasteiger partial charge in [0.05, 0.1) is 0 Å². The summed E-state index contributed by atoms with van der Waals surface area (Å²) in [6, 6.07) is 4.71. The van der Waals surface area contributed by atoms with Crippen LogP contribution in [-0.2, 0) is 0 Å². The summed E-state index contributed by atoms with van der Waals surface area (Å²) in [4.78, 5) is 0. The fourth-order valence-corrected chi connectivity index (χ4v) is 1.42. The summed E-state index contributed by atoms with van der Waals surface area (Å²) >= 11 is 5.66. The van der Waals surface area contributed by atoms with Gasteiger partial charge in [-0.15, -0.1) is 0 Å². The van der Waals surface area contributed by atoms with Crippen LogP contribution in [0.25, 0.3) is 6.08 Å². The van der Waals surface area contributed by atoms with E-state index in [1.807, 2.05) is 19.9 Å². The molecule has 1 nitrogen and oxygen atoms in total. The van der Waals surface area contributed by atoms with Gasteiger partial charge in [0.1, 0.15) is 5.82 Å². The molecule has 0 aliphatic rings. The molecule has 0 fully saturated rings. The second-order valence-corrected chi connectivity index (χ2v) is 3.87. The van der Waals surface area contributed by atoms with Crippen molar-refractivity contribution in [2.45, 2.75) is 13.8 Å². The van der Waals surface area contributed by atoms with E-state index in [2.05, 4.69) is 5.32 Å². The molecule has 1 aromatic carbocycles. The second-order valence-electron chi connectivity index (χ2n) is 3.44. The molecule has 0 atom stereocenters. The minimum absolute atomic E-state index is 0.279. The highest BCUT2D eigenvalue weighted by atomic mass is 35.5. The summed E-state index contributed by atoms with van der Waals surface area (Å²) in [5.74, 6) is -0.279. The predicted molar refractivity (Wildman–Crippen MR) is 63.6 cm³/mol. The van der Waals surface area contributed by atoms with Crippen molar-refractivity contribution in [3.63, 3.8) is 0 Å². The van der Waals surface area contributed by atoms with Crippen molar-refractivity contribution in [1.29, 1.82) is 0 Å². The van der Waals surface area contributed by atoms with Crippen LogP contribution in [0.5, 0.6) is 0 Å². The molecule has 0 bridgehead atoms. The number of nitrogens with one attached hydrogen (secondary N) is 1. The molecular weight excluding hydrogens is 213 g/mol. The number of benzene rings is 1. The van der Waals surface area contributed by atoms with Crippen molar-refractivity contribution in [3.05, 3.63) is 40.2 Å². The van der Waals surface area contributed by atoms with Gasteiger partial charge >= 0.3 is 0 Å². The Balaban J connectivity index is 2.78. The molecule has 0 aliphatic carbocycles. The minimum Gasteiger partial charge on any atom is -0.313 e. The zero-order valence-electron chi connectivity index (χ0n) is 8.98. The van der Waals surface area contributed by atoms with Gasteiger partial charge in [-0.25, -0.2) is 4.39 Å². The molecule has 82 valence electrons. The molecule has 1 N–H and O–H groups in total. The van der Waals surface area contributed by atoms with Crippen LogP contribution in [0, 0.1) is 5.82 Å². The molecule has 3 heteroatoms. The van der Waals surface area contributed by atoms with Crippen LogP contribution in [0.2, 0.25) is 5.02 Å². The highest BCUT2D eigenvalue weighted by molar-refractivity contribution is 6.30. The Morgan fingerprint density at radius 2 is 2.27 bits per heavy atom. The molecule has 0 amide bonds. The molecule has 0 radical (unpaired) electrons. The van der Waals surface area contributed by atoms with Gasteiger partial charge in [0.2, 0.25) is 0 Å². The van der Waals surface area contributed by atoms with Crippen molar-refractivity contribution >= 4 is 17.7 Å². The Hall–Kier alpha value is -0.860. The zero-order valence-corrected chi connectivity index (χ0v) is 9.74. The molecule has 0 unspecified atom stereocenters. The Labute approximate surface area is 95.0 Å². The number of halogens is 2. The summed E-state index contributed by atoms with van der Waals surface area (Å²) in [5, 5.41) is 3.61. The van der Waals surface area contributed by atoms with Crippen LogP contribution in [0.4, 0.5) is 4.39 Å². The first kappa shape index (κ1) is 12.2. The third kappa shape index (κ3) is 4.02. The van der Waals surface area contributed by atoms with Crippen molar-refractivity contribution < 1.29 is 4.39 Å². The highest BCUT2D eigenvalue weighted by Gasteiger charge is 2.00. The van der Waals surface area contributed by atoms with Crippen LogP contribution in [0.15, 0.2) is 23.8 Å². The van der Waals surface area contributed by atoms with Crippen LogP contribution in [-0.4, -0.2) is 13.1 Å². The molecule has 1 aromatic rings. The number of hydrogen-bond donors (Lipinski definition) is 1. The largest absolute Gasteiger partial charge is 0.313 e. The van der Waals surface area contributed by atoms with Crippen LogP contribution >= 0.6 is 11.6 Å². The topological polar surface area (TPSA) is 12.0 Å². The lowest BCUT2D eigenvalue weighted by Gasteiger charge is -2.03. The molecule has 15 heavy (non-hydrogen) atoms. The van der Waals surface area contributed by atoms with Crippen molar-refractivity contribution in [2.75, 3.05) is 13.1 Å². The summed E-state index contributed by atoms with van der Waals surface area (Å²) in [7, 11) is 0. The SMILES string of the molecule is CCNC/C(C)=C/c1ccc(Cl)cc1F. The molecule has 0 spiro atoms. The molecule has 0 aliphatic heterocycles. The lowest BCUT2D eigenvalue weighted by Crippen LogP contribution is -2.14. The van der Waals surface area contributed by atoms with E-state index >= 15 is 0 Å². The number of likely N-dealkylation sites (N-methyl/N-ethyl adjacent to an activating group) is 1. The van der Waals surface area contributed by atoms with Crippen molar-refractivity contribution in [1.82, 2.24) is 5.32 Å². The summed E-state index contributed by atoms with van der Waals surface area (Å²) in [6.07, 6.45) is 1.83. The molecule has 0 saturated carbocycles. The van der Waals surface area contributed by atoms with E-state index in [1.54, 1.807) is 12.1 Å². The quantitative estimate of drug-likeness (QED) is 0.830. The summed E-state index contributed by atoms with van der Waals surface area (Å²) in [5.41, 5.74) is 1.67. The third-order valence-electron chi connectivity index (χ3n) is 2.02. The van der Waals surface area contributed by atoms with Gasteiger partial charge in [-0.1, -0.05) is 36.2 Å². The highest BCUT2D eigenvalue weighted by Crippen LogP contribution is 2.16. The smallest absolute Gasteiger partial charge is 0.131 e. The lowest BCUT2D eigenvalue weighted by molar-refractivity contribution is 0.625. The molecule has 0 saturated heterocycles. The standard InChI is InChI=1S/C12H15ClFN/c1-3-15-8-9(2)6-10-4-5-11(13)7-12(10)14/h4-7,15H,3,8H2,1-2H3/b9-6+. The van der Waals surface area contributed by atoms with E-state index in [0.717, 1.165) is 18.7 Å². The normalized spacial score (nSPS) is 11.9. The Morgan fingerprint density at radius 1 is 1.53 bits per heavy atom. The van der Waals surface area contributed by atoms with Crippen molar-refractivity contribution in [3.8, 4) is 0 Å². The van der Waals surface area contributed by atoms with Gasteiger partial charge in [-0.05, 0) is 25.6 Å². The molecule has 1 rings (SSSR count). The van der Waals surface area contributed by atoms with Gasteiger partial charge in [-0.2, -0.15) is 0 Å². The van der Waals surface area contributed by atoms with E-state index in [4.69, 9.17) is 11.6 Å². The van der Waals surface area contributed by atoms with Crippen LogP contribution in [0.3, 0.4) is 0 Å². The molecule has 0 aromatic heterocycles. The minimum atomic E-state index is -0.279. The number of rotatable bonds is 4. The fourth-order valence-electron chi connectivity index (χ4n) is 1.26. The summed E-state index contributed by atoms with van der Waals surface area (Å²) < 4.78 is 13.4. The van der Waals surface area contributed by atoms with Crippen LogP contribution in [0.1, 0.15) is 19.4 Å². The van der Waals surface area contributed by atoms with Gasteiger partial charge in [0.25, 0.3) is 0 Å². The predicted octanol–water partition coefficient (Wildman–Crippen LogP) is 3.49. The molecule has 0 heterocycles. The van der Waals surface area contributed by atoms with Gasteiger partial charge in [-0.3, -0.25) is 0 Å². The first-order valence-electron chi connectivity index (χ1n) is 4.96. The molecular formula is C12H15ClFN.